The maximum Gasteiger partial charge on any atom is 0.194 e. The molecule has 138 valence electrons. The summed E-state index contributed by atoms with van der Waals surface area (Å²) < 4.78 is 7.74. The predicted molar refractivity (Wildman–Crippen MR) is 114 cm³/mol. The zero-order valence-electron chi connectivity index (χ0n) is 15.5. The summed E-state index contributed by atoms with van der Waals surface area (Å²) in [7, 11) is 5.84. The normalized spacial score (nSPS) is 12.4. The minimum Gasteiger partial charge on any atom is -0.375 e. The van der Waals surface area contributed by atoms with Gasteiger partial charge in [0.25, 0.3) is 0 Å². The first-order valence-electron chi connectivity index (χ1n) is 8.33. The molecule has 1 unspecified atom stereocenters. The first kappa shape index (κ1) is 21.5. The minimum atomic E-state index is -0.0386. The first-order chi connectivity index (χ1) is 11.7. The fourth-order valence-corrected chi connectivity index (χ4v) is 2.60. The number of nitrogens with one attached hydrogen (secondary N) is 1. The van der Waals surface area contributed by atoms with Crippen LogP contribution in [0, 0.1) is 0 Å². The number of rotatable bonds is 7. The largest absolute Gasteiger partial charge is 0.375 e. The van der Waals surface area contributed by atoms with Gasteiger partial charge in [-0.2, -0.15) is 0 Å². The number of aliphatic imine (C=N–C) groups is 1. The number of halogens is 1. The van der Waals surface area contributed by atoms with E-state index >= 15 is 0 Å². The highest BCUT2D eigenvalue weighted by atomic mass is 127. The lowest BCUT2D eigenvalue weighted by Crippen LogP contribution is -2.39. The lowest BCUT2D eigenvalue weighted by Gasteiger charge is -2.23. The van der Waals surface area contributed by atoms with Crippen LogP contribution in [0.4, 0.5) is 0 Å². The zero-order valence-corrected chi connectivity index (χ0v) is 17.8. The lowest BCUT2D eigenvalue weighted by atomic mass is 10.1. The van der Waals surface area contributed by atoms with Crippen molar-refractivity contribution >= 4 is 29.9 Å². The molecule has 6 heteroatoms. The first-order valence-corrected chi connectivity index (χ1v) is 8.33. The van der Waals surface area contributed by atoms with E-state index in [1.807, 2.05) is 18.2 Å². The van der Waals surface area contributed by atoms with Crippen LogP contribution in [-0.4, -0.2) is 42.7 Å². The molecular weight excluding hydrogens is 427 g/mol. The van der Waals surface area contributed by atoms with E-state index in [1.54, 1.807) is 7.11 Å². The van der Waals surface area contributed by atoms with Gasteiger partial charge in [0.2, 0.25) is 0 Å². The quantitative estimate of drug-likeness (QED) is 0.395. The summed E-state index contributed by atoms with van der Waals surface area (Å²) in [5.41, 5.74) is 2.39. The number of nitrogens with zero attached hydrogens (tertiary/aromatic N) is 3. The third-order valence-electron chi connectivity index (χ3n) is 4.01. The molecule has 0 bridgehead atoms. The summed E-state index contributed by atoms with van der Waals surface area (Å²) in [6.45, 7) is 4.30. The van der Waals surface area contributed by atoms with Crippen molar-refractivity contribution in [3.05, 3.63) is 59.9 Å². The van der Waals surface area contributed by atoms with Gasteiger partial charge in [-0.3, -0.25) is 4.99 Å². The third-order valence-corrected chi connectivity index (χ3v) is 4.01. The Morgan fingerprint density at radius 1 is 1.24 bits per heavy atom. The predicted octanol–water partition coefficient (Wildman–Crippen LogP) is 3.43. The van der Waals surface area contributed by atoms with Gasteiger partial charge < -0.3 is 19.5 Å². The Kier molecular flexibility index (Phi) is 9.59. The number of benzene rings is 1. The molecule has 1 N–H and O–H groups in total. The monoisotopic (exact) mass is 456 g/mol. The summed E-state index contributed by atoms with van der Waals surface area (Å²) in [6, 6.07) is 14.4. The molecule has 1 heterocycles. The van der Waals surface area contributed by atoms with Crippen molar-refractivity contribution in [2.45, 2.75) is 19.6 Å². The maximum absolute atomic E-state index is 5.61. The van der Waals surface area contributed by atoms with E-state index in [0.29, 0.717) is 6.54 Å². The minimum absolute atomic E-state index is 0. The fraction of sp³-hybridized carbons (Fsp3) is 0.421. The van der Waals surface area contributed by atoms with Gasteiger partial charge in [0, 0.05) is 39.6 Å². The molecule has 2 aromatic rings. The molecule has 0 fully saturated rings. The number of aromatic nitrogens is 1. The van der Waals surface area contributed by atoms with Crippen LogP contribution < -0.4 is 5.32 Å². The summed E-state index contributed by atoms with van der Waals surface area (Å²) in [6.07, 6.45) is 2.02. The van der Waals surface area contributed by atoms with Crippen molar-refractivity contribution < 1.29 is 4.74 Å². The second-order valence-electron chi connectivity index (χ2n) is 5.80. The van der Waals surface area contributed by atoms with Crippen LogP contribution >= 0.6 is 24.0 Å². The van der Waals surface area contributed by atoms with E-state index in [4.69, 9.17) is 9.73 Å². The van der Waals surface area contributed by atoms with E-state index in [-0.39, 0.29) is 30.1 Å². The number of hydrogen-bond donors (Lipinski definition) is 1. The van der Waals surface area contributed by atoms with Crippen molar-refractivity contribution in [2.75, 3.05) is 27.2 Å². The molecule has 1 aromatic carbocycles. The van der Waals surface area contributed by atoms with Gasteiger partial charge in [-0.25, -0.2) is 0 Å². The Bertz CT molecular complexity index is 642. The van der Waals surface area contributed by atoms with Crippen LogP contribution in [0.15, 0.2) is 53.7 Å². The average molecular weight is 456 g/mol. The van der Waals surface area contributed by atoms with Crippen LogP contribution in [-0.2, 0) is 18.3 Å². The van der Waals surface area contributed by atoms with E-state index in [0.717, 1.165) is 24.6 Å². The van der Waals surface area contributed by atoms with Crippen LogP contribution in [0.3, 0.4) is 0 Å². The van der Waals surface area contributed by atoms with Gasteiger partial charge in [0.15, 0.2) is 5.96 Å². The average Bonchev–Trinajstić information content (AvgIpc) is 3.00. The van der Waals surface area contributed by atoms with E-state index in [9.17, 15) is 0 Å². The van der Waals surface area contributed by atoms with Crippen LogP contribution in [0.1, 0.15) is 24.3 Å². The van der Waals surface area contributed by atoms with Crippen LogP contribution in [0.2, 0.25) is 0 Å². The number of methoxy groups -OCH3 is 1. The molecule has 0 aliphatic carbocycles. The highest BCUT2D eigenvalue weighted by Gasteiger charge is 2.12. The second kappa shape index (κ2) is 11.1. The molecule has 0 spiro atoms. The highest BCUT2D eigenvalue weighted by Crippen LogP contribution is 2.16. The molecule has 0 amide bonds. The summed E-state index contributed by atoms with van der Waals surface area (Å²) >= 11 is 0. The topological polar surface area (TPSA) is 41.8 Å². The number of aryl methyl sites for hydroxylation is 1. The van der Waals surface area contributed by atoms with Crippen molar-refractivity contribution in [1.29, 1.82) is 0 Å². The molecule has 0 aliphatic rings. The van der Waals surface area contributed by atoms with Crippen molar-refractivity contribution in [1.82, 2.24) is 14.8 Å². The smallest absolute Gasteiger partial charge is 0.194 e. The number of hydrogen-bond acceptors (Lipinski definition) is 2. The Balaban J connectivity index is 0.00000312. The van der Waals surface area contributed by atoms with Crippen molar-refractivity contribution in [2.24, 2.45) is 12.0 Å². The SMILES string of the molecule is CCNC(=NCC(OC)c1ccccc1)N(C)Cc1cccn1C.I. The van der Waals surface area contributed by atoms with E-state index < -0.39 is 0 Å². The van der Waals surface area contributed by atoms with Gasteiger partial charge in [-0.05, 0) is 24.6 Å². The number of guanidine groups is 1. The second-order valence-corrected chi connectivity index (χ2v) is 5.80. The van der Waals surface area contributed by atoms with Gasteiger partial charge in [-0.1, -0.05) is 30.3 Å². The molecule has 0 aliphatic heterocycles. The molecule has 0 saturated carbocycles. The van der Waals surface area contributed by atoms with Crippen LogP contribution in [0.25, 0.3) is 0 Å². The zero-order chi connectivity index (χ0) is 17.4. The number of ether oxygens (including phenoxy) is 1. The lowest BCUT2D eigenvalue weighted by molar-refractivity contribution is 0.110. The Hall–Kier alpha value is -1.54. The van der Waals surface area contributed by atoms with Gasteiger partial charge in [0.05, 0.1) is 13.1 Å². The Morgan fingerprint density at radius 2 is 1.96 bits per heavy atom. The maximum atomic E-state index is 5.61. The molecule has 5 nitrogen and oxygen atoms in total. The Labute approximate surface area is 168 Å². The summed E-state index contributed by atoms with van der Waals surface area (Å²) in [5.74, 6) is 0.886. The molecular formula is C19H29IN4O. The van der Waals surface area contributed by atoms with Gasteiger partial charge in [0.1, 0.15) is 6.10 Å². The molecule has 0 radical (unpaired) electrons. The highest BCUT2D eigenvalue weighted by molar-refractivity contribution is 14.0. The van der Waals surface area contributed by atoms with E-state index in [2.05, 4.69) is 66.3 Å². The fourth-order valence-electron chi connectivity index (χ4n) is 2.60. The molecule has 0 saturated heterocycles. The van der Waals surface area contributed by atoms with E-state index in [1.165, 1.54) is 5.69 Å². The van der Waals surface area contributed by atoms with Gasteiger partial charge >= 0.3 is 0 Å². The molecule has 25 heavy (non-hydrogen) atoms. The third kappa shape index (κ3) is 6.36. The van der Waals surface area contributed by atoms with Gasteiger partial charge in [-0.15, -0.1) is 24.0 Å². The van der Waals surface area contributed by atoms with Crippen LogP contribution in [0.5, 0.6) is 0 Å². The summed E-state index contributed by atoms with van der Waals surface area (Å²) in [4.78, 5) is 6.90. The molecule has 1 aromatic heterocycles. The van der Waals surface area contributed by atoms with Crippen molar-refractivity contribution in [3.63, 3.8) is 0 Å². The van der Waals surface area contributed by atoms with Crippen molar-refractivity contribution in [3.8, 4) is 0 Å². The standard InChI is InChI=1S/C19H28N4O.HI/c1-5-20-19(23(3)15-17-12-9-13-22(17)2)21-14-18(24-4)16-10-7-6-8-11-16;/h6-13,18H,5,14-15H2,1-4H3,(H,20,21);1H. The summed E-state index contributed by atoms with van der Waals surface area (Å²) in [5, 5.41) is 3.36. The molecule has 2 rings (SSSR count). The molecule has 1 atom stereocenters. The Morgan fingerprint density at radius 3 is 2.52 bits per heavy atom.